The van der Waals surface area contributed by atoms with Crippen LogP contribution in [-0.4, -0.2) is 19.1 Å². The Hall–Kier alpha value is -0.610. The zero-order valence-corrected chi connectivity index (χ0v) is 8.68. The third-order valence-corrected chi connectivity index (χ3v) is 2.01. The van der Waals surface area contributed by atoms with E-state index in [2.05, 4.69) is 26.2 Å². The molecule has 0 spiro atoms. The Morgan fingerprint density at radius 2 is 2.42 bits per heavy atom. The highest BCUT2D eigenvalue weighted by molar-refractivity contribution is 9.10. The van der Waals surface area contributed by atoms with Crippen molar-refractivity contribution in [3.05, 3.63) is 22.3 Å². The Morgan fingerprint density at radius 1 is 1.67 bits per heavy atom. The first kappa shape index (κ1) is 9.48. The van der Waals surface area contributed by atoms with Crippen LogP contribution in [0.15, 0.2) is 16.7 Å². The van der Waals surface area contributed by atoms with Gasteiger partial charge in [-0.2, -0.15) is 0 Å². The summed E-state index contributed by atoms with van der Waals surface area (Å²) in [5.41, 5.74) is 1.13. The molecule has 0 radical (unpaired) electrons. The van der Waals surface area contributed by atoms with Crippen molar-refractivity contribution in [2.24, 2.45) is 0 Å². The third-order valence-electron chi connectivity index (χ3n) is 1.44. The molecule has 66 valence electrons. The van der Waals surface area contributed by atoms with Crippen LogP contribution in [0.5, 0.6) is 5.88 Å². The highest BCUT2D eigenvalue weighted by Gasteiger charge is 2.01. The molecule has 0 saturated heterocycles. The Morgan fingerprint density at radius 3 is 2.92 bits per heavy atom. The number of hydrogen-bond acceptors (Lipinski definition) is 3. The van der Waals surface area contributed by atoms with Crippen LogP contribution in [0.1, 0.15) is 5.56 Å². The summed E-state index contributed by atoms with van der Waals surface area (Å²) in [5, 5.41) is 3.05. The van der Waals surface area contributed by atoms with Gasteiger partial charge in [0.15, 0.2) is 0 Å². The van der Waals surface area contributed by atoms with Crippen molar-refractivity contribution >= 4 is 15.9 Å². The van der Waals surface area contributed by atoms with Crippen molar-refractivity contribution in [2.45, 2.75) is 6.54 Å². The normalized spacial score (nSPS) is 9.92. The van der Waals surface area contributed by atoms with Crippen LogP contribution in [0.4, 0.5) is 0 Å². The lowest BCUT2D eigenvalue weighted by atomic mass is 10.3. The average molecular weight is 231 g/mol. The molecule has 1 heterocycles. The first-order valence-corrected chi connectivity index (χ1v) is 4.40. The smallest absolute Gasteiger partial charge is 0.227 e. The molecule has 1 aromatic heterocycles. The number of aromatic nitrogens is 1. The Kier molecular flexibility index (Phi) is 3.49. The lowest BCUT2D eigenvalue weighted by Crippen LogP contribution is -2.05. The van der Waals surface area contributed by atoms with E-state index in [0.717, 1.165) is 16.6 Å². The summed E-state index contributed by atoms with van der Waals surface area (Å²) in [6, 6.07) is 1.99. The van der Waals surface area contributed by atoms with Gasteiger partial charge in [-0.1, -0.05) is 0 Å². The fraction of sp³-hybridized carbons (Fsp3) is 0.375. The predicted octanol–water partition coefficient (Wildman–Crippen LogP) is 1.57. The summed E-state index contributed by atoms with van der Waals surface area (Å²) in [6.07, 6.45) is 1.79. The van der Waals surface area contributed by atoms with Gasteiger partial charge < -0.3 is 10.1 Å². The van der Waals surface area contributed by atoms with Crippen molar-refractivity contribution in [3.63, 3.8) is 0 Å². The molecule has 0 aliphatic heterocycles. The first-order chi connectivity index (χ1) is 5.77. The van der Waals surface area contributed by atoms with Gasteiger partial charge in [0.05, 0.1) is 11.6 Å². The van der Waals surface area contributed by atoms with E-state index in [4.69, 9.17) is 4.74 Å². The Balaban J connectivity index is 2.86. The number of rotatable bonds is 3. The van der Waals surface area contributed by atoms with Crippen LogP contribution in [0, 0.1) is 0 Å². The minimum atomic E-state index is 0.620. The third kappa shape index (κ3) is 2.19. The van der Waals surface area contributed by atoms with Crippen molar-refractivity contribution in [3.8, 4) is 5.88 Å². The molecular weight excluding hydrogens is 220 g/mol. The molecule has 0 aliphatic rings. The quantitative estimate of drug-likeness (QED) is 0.857. The Bertz CT molecular complexity index is 265. The van der Waals surface area contributed by atoms with E-state index >= 15 is 0 Å². The van der Waals surface area contributed by atoms with Crippen molar-refractivity contribution in [2.75, 3.05) is 14.2 Å². The summed E-state index contributed by atoms with van der Waals surface area (Å²) in [6.45, 7) is 0.815. The summed E-state index contributed by atoms with van der Waals surface area (Å²) in [7, 11) is 3.50. The van der Waals surface area contributed by atoms with Crippen LogP contribution in [0.3, 0.4) is 0 Å². The minimum Gasteiger partial charge on any atom is -0.480 e. The minimum absolute atomic E-state index is 0.620. The van der Waals surface area contributed by atoms with Gasteiger partial charge in [-0.3, -0.25) is 0 Å². The number of hydrogen-bond donors (Lipinski definition) is 1. The fourth-order valence-electron chi connectivity index (χ4n) is 0.916. The fourth-order valence-corrected chi connectivity index (χ4v) is 1.47. The van der Waals surface area contributed by atoms with E-state index in [1.54, 1.807) is 13.3 Å². The molecule has 0 unspecified atom stereocenters. The van der Waals surface area contributed by atoms with Crippen molar-refractivity contribution < 1.29 is 4.74 Å². The monoisotopic (exact) mass is 230 g/mol. The van der Waals surface area contributed by atoms with Gasteiger partial charge in [0.25, 0.3) is 0 Å². The Labute approximate surface area is 80.3 Å². The first-order valence-electron chi connectivity index (χ1n) is 3.61. The molecule has 0 atom stereocenters. The number of ether oxygens (including phenoxy) is 1. The zero-order valence-electron chi connectivity index (χ0n) is 7.10. The van der Waals surface area contributed by atoms with E-state index < -0.39 is 0 Å². The van der Waals surface area contributed by atoms with Crippen LogP contribution in [0.25, 0.3) is 0 Å². The number of nitrogens with one attached hydrogen (secondary N) is 1. The van der Waals surface area contributed by atoms with Crippen LogP contribution >= 0.6 is 15.9 Å². The molecular formula is C8H11BrN2O. The number of nitrogens with zero attached hydrogens (tertiary/aromatic N) is 1. The second-order valence-electron chi connectivity index (χ2n) is 2.36. The largest absolute Gasteiger partial charge is 0.480 e. The summed E-state index contributed by atoms with van der Waals surface area (Å²) in [4.78, 5) is 4.11. The summed E-state index contributed by atoms with van der Waals surface area (Å²) < 4.78 is 5.89. The van der Waals surface area contributed by atoms with Gasteiger partial charge >= 0.3 is 0 Å². The van der Waals surface area contributed by atoms with Crippen LogP contribution in [0.2, 0.25) is 0 Å². The van der Waals surface area contributed by atoms with Crippen LogP contribution < -0.4 is 10.1 Å². The van der Waals surface area contributed by atoms with Crippen molar-refractivity contribution in [1.82, 2.24) is 10.3 Å². The molecule has 1 N–H and O–H groups in total. The number of halogens is 1. The standard InChI is InChI=1S/C8H11BrN2O/c1-10-4-6-3-7(9)8(12-2)11-5-6/h3,5,10H,4H2,1-2H3. The molecule has 0 aliphatic carbocycles. The lowest BCUT2D eigenvalue weighted by molar-refractivity contribution is 0.394. The molecule has 0 amide bonds. The van der Waals surface area contributed by atoms with Crippen molar-refractivity contribution in [1.29, 1.82) is 0 Å². The molecule has 0 saturated carbocycles. The summed E-state index contributed by atoms with van der Waals surface area (Å²) >= 11 is 3.36. The molecule has 3 nitrogen and oxygen atoms in total. The topological polar surface area (TPSA) is 34.2 Å². The molecule has 0 fully saturated rings. The zero-order chi connectivity index (χ0) is 8.97. The van der Waals surface area contributed by atoms with Gasteiger partial charge in [0.1, 0.15) is 0 Å². The maximum atomic E-state index is 5.00. The number of pyridine rings is 1. The second-order valence-corrected chi connectivity index (χ2v) is 3.22. The molecule has 4 heteroatoms. The lowest BCUT2D eigenvalue weighted by Gasteiger charge is -2.03. The van der Waals surface area contributed by atoms with Crippen LogP contribution in [-0.2, 0) is 6.54 Å². The molecule has 0 aromatic carbocycles. The van der Waals surface area contributed by atoms with Gasteiger partial charge in [-0.05, 0) is 34.6 Å². The highest BCUT2D eigenvalue weighted by atomic mass is 79.9. The highest BCUT2D eigenvalue weighted by Crippen LogP contribution is 2.22. The van der Waals surface area contributed by atoms with E-state index in [9.17, 15) is 0 Å². The molecule has 0 bridgehead atoms. The van der Waals surface area contributed by atoms with Gasteiger partial charge in [0, 0.05) is 12.7 Å². The van der Waals surface area contributed by atoms with E-state index in [-0.39, 0.29) is 0 Å². The van der Waals surface area contributed by atoms with E-state index in [1.165, 1.54) is 0 Å². The van der Waals surface area contributed by atoms with E-state index in [1.807, 2.05) is 13.1 Å². The maximum Gasteiger partial charge on any atom is 0.227 e. The maximum absolute atomic E-state index is 5.00. The summed E-state index contributed by atoms with van der Waals surface area (Å²) in [5.74, 6) is 0.620. The number of methoxy groups -OCH3 is 1. The molecule has 1 rings (SSSR count). The van der Waals surface area contributed by atoms with Gasteiger partial charge in [0.2, 0.25) is 5.88 Å². The van der Waals surface area contributed by atoms with Gasteiger partial charge in [-0.15, -0.1) is 0 Å². The average Bonchev–Trinajstić information content (AvgIpc) is 2.05. The van der Waals surface area contributed by atoms with E-state index in [0.29, 0.717) is 5.88 Å². The van der Waals surface area contributed by atoms with Gasteiger partial charge in [-0.25, -0.2) is 4.98 Å². The second kappa shape index (κ2) is 4.42. The molecule has 12 heavy (non-hydrogen) atoms. The predicted molar refractivity (Wildman–Crippen MR) is 51.3 cm³/mol. The molecule has 1 aromatic rings. The SMILES string of the molecule is CNCc1cnc(OC)c(Br)c1.